The Balaban J connectivity index is 2.47. The molecule has 20 heavy (non-hydrogen) atoms. The quantitative estimate of drug-likeness (QED) is 0.757. The van der Waals surface area contributed by atoms with Crippen LogP contribution in [0.15, 0.2) is 24.3 Å². The summed E-state index contributed by atoms with van der Waals surface area (Å²) in [5.41, 5.74) is 7.08. The molecule has 0 aliphatic carbocycles. The van der Waals surface area contributed by atoms with E-state index >= 15 is 0 Å². The Hall–Kier alpha value is -1.46. The number of nitrogens with zero attached hydrogens (tertiary/aromatic N) is 1. The normalized spacial score (nSPS) is 12.2. The number of benzene rings is 1. The molecule has 0 aliphatic rings. The van der Waals surface area contributed by atoms with E-state index in [4.69, 9.17) is 18.0 Å². The minimum absolute atomic E-state index is 0.0149. The maximum atomic E-state index is 11.9. The third-order valence-electron chi connectivity index (χ3n) is 3.19. The smallest absolute Gasteiger partial charge is 0.238 e. The standard InChI is InChI=1S/C15H23N3OS/c1-4-11(2)9-18(3)10-14(19)17-13-7-5-12(6-8-13)15(16)20/h5-8,11H,4,9-10H2,1-3H3,(H2,16,20)(H,17,19). The molecule has 1 aromatic carbocycles. The second-order valence-electron chi connectivity index (χ2n) is 5.20. The summed E-state index contributed by atoms with van der Waals surface area (Å²) in [4.78, 5) is 14.3. The van der Waals surface area contributed by atoms with Crippen LogP contribution in [-0.4, -0.2) is 35.9 Å². The summed E-state index contributed by atoms with van der Waals surface area (Å²) in [7, 11) is 1.96. The highest BCUT2D eigenvalue weighted by Gasteiger charge is 2.09. The molecule has 5 heteroatoms. The summed E-state index contributed by atoms with van der Waals surface area (Å²) in [6, 6.07) is 7.23. The number of hydrogen-bond acceptors (Lipinski definition) is 3. The summed E-state index contributed by atoms with van der Waals surface area (Å²) in [5.74, 6) is 0.580. The van der Waals surface area contributed by atoms with Crippen molar-refractivity contribution < 1.29 is 4.79 Å². The van der Waals surface area contributed by atoms with Crippen LogP contribution in [0.25, 0.3) is 0 Å². The van der Waals surface area contributed by atoms with Crippen molar-refractivity contribution in [1.29, 1.82) is 0 Å². The topological polar surface area (TPSA) is 58.4 Å². The molecule has 1 atom stereocenters. The lowest BCUT2D eigenvalue weighted by Crippen LogP contribution is -2.33. The van der Waals surface area contributed by atoms with Crippen LogP contribution in [0, 0.1) is 5.92 Å². The minimum Gasteiger partial charge on any atom is -0.389 e. The van der Waals surface area contributed by atoms with Gasteiger partial charge in [0.1, 0.15) is 4.99 Å². The van der Waals surface area contributed by atoms with Gasteiger partial charge in [-0.25, -0.2) is 0 Å². The van der Waals surface area contributed by atoms with E-state index in [0.29, 0.717) is 17.5 Å². The molecule has 0 aliphatic heterocycles. The van der Waals surface area contributed by atoms with Gasteiger partial charge >= 0.3 is 0 Å². The van der Waals surface area contributed by atoms with Crippen molar-refractivity contribution >= 4 is 28.8 Å². The van der Waals surface area contributed by atoms with Crippen LogP contribution in [0.2, 0.25) is 0 Å². The highest BCUT2D eigenvalue weighted by molar-refractivity contribution is 7.80. The molecule has 3 N–H and O–H groups in total. The minimum atomic E-state index is -0.0149. The molecule has 4 nitrogen and oxygen atoms in total. The van der Waals surface area contributed by atoms with Crippen LogP contribution < -0.4 is 11.1 Å². The van der Waals surface area contributed by atoms with Crippen molar-refractivity contribution in [3.63, 3.8) is 0 Å². The molecule has 0 radical (unpaired) electrons. The summed E-state index contributed by atoms with van der Waals surface area (Å²) < 4.78 is 0. The van der Waals surface area contributed by atoms with Crippen LogP contribution in [0.5, 0.6) is 0 Å². The number of nitrogens with one attached hydrogen (secondary N) is 1. The first-order valence-electron chi connectivity index (χ1n) is 6.80. The van der Waals surface area contributed by atoms with Crippen molar-refractivity contribution in [2.75, 3.05) is 25.5 Å². The summed E-state index contributed by atoms with van der Waals surface area (Å²) in [6.45, 7) is 5.65. The van der Waals surface area contributed by atoms with E-state index < -0.39 is 0 Å². The van der Waals surface area contributed by atoms with E-state index in [-0.39, 0.29) is 5.91 Å². The van der Waals surface area contributed by atoms with E-state index in [1.807, 2.05) is 11.9 Å². The lowest BCUT2D eigenvalue weighted by Gasteiger charge is -2.19. The van der Waals surface area contributed by atoms with Crippen LogP contribution in [-0.2, 0) is 4.79 Å². The summed E-state index contributed by atoms with van der Waals surface area (Å²) in [6.07, 6.45) is 1.12. The monoisotopic (exact) mass is 293 g/mol. The SMILES string of the molecule is CCC(C)CN(C)CC(=O)Nc1ccc(C(N)=S)cc1. The lowest BCUT2D eigenvalue weighted by atomic mass is 10.1. The average Bonchev–Trinajstić information content (AvgIpc) is 2.38. The number of likely N-dealkylation sites (N-methyl/N-ethyl adjacent to an activating group) is 1. The van der Waals surface area contributed by atoms with Gasteiger partial charge in [-0.1, -0.05) is 32.5 Å². The fraction of sp³-hybridized carbons (Fsp3) is 0.467. The molecule has 1 rings (SSSR count). The Morgan fingerprint density at radius 3 is 2.50 bits per heavy atom. The van der Waals surface area contributed by atoms with Gasteiger partial charge in [-0.3, -0.25) is 9.69 Å². The first-order chi connectivity index (χ1) is 9.42. The van der Waals surface area contributed by atoms with Crippen LogP contribution in [0.3, 0.4) is 0 Å². The first kappa shape index (κ1) is 16.6. The van der Waals surface area contributed by atoms with Gasteiger partial charge in [0, 0.05) is 17.8 Å². The summed E-state index contributed by atoms with van der Waals surface area (Å²) in [5, 5.41) is 2.87. The number of thiocarbonyl (C=S) groups is 1. The fourth-order valence-electron chi connectivity index (χ4n) is 1.89. The average molecular weight is 293 g/mol. The Morgan fingerprint density at radius 2 is 2.00 bits per heavy atom. The van der Waals surface area contributed by atoms with Gasteiger partial charge in [0.05, 0.1) is 6.54 Å². The fourth-order valence-corrected chi connectivity index (χ4v) is 2.03. The number of anilines is 1. The molecule has 1 amide bonds. The Morgan fingerprint density at radius 1 is 1.40 bits per heavy atom. The van der Waals surface area contributed by atoms with Crippen LogP contribution >= 0.6 is 12.2 Å². The molecule has 0 fully saturated rings. The zero-order valence-electron chi connectivity index (χ0n) is 12.3. The summed E-state index contributed by atoms with van der Waals surface area (Å²) >= 11 is 4.89. The molecule has 0 saturated heterocycles. The lowest BCUT2D eigenvalue weighted by molar-refractivity contribution is -0.117. The number of hydrogen-bond donors (Lipinski definition) is 2. The van der Waals surface area contributed by atoms with Gasteiger partial charge in [0.2, 0.25) is 5.91 Å². The Labute approximate surface area is 126 Å². The highest BCUT2D eigenvalue weighted by Crippen LogP contribution is 2.10. The van der Waals surface area contributed by atoms with Gasteiger partial charge in [-0.15, -0.1) is 0 Å². The predicted octanol–water partition coefficient (Wildman–Crippen LogP) is 2.24. The Kier molecular flexibility index (Phi) is 6.61. The zero-order chi connectivity index (χ0) is 15.1. The van der Waals surface area contributed by atoms with Crippen molar-refractivity contribution in [3.05, 3.63) is 29.8 Å². The van der Waals surface area contributed by atoms with Gasteiger partial charge in [0.25, 0.3) is 0 Å². The molecule has 0 aromatic heterocycles. The largest absolute Gasteiger partial charge is 0.389 e. The second kappa shape index (κ2) is 7.97. The maximum absolute atomic E-state index is 11.9. The molecular formula is C15H23N3OS. The van der Waals surface area contributed by atoms with Gasteiger partial charge in [0.15, 0.2) is 0 Å². The molecule has 0 bridgehead atoms. The number of rotatable bonds is 7. The van der Waals surface area contributed by atoms with Gasteiger partial charge in [-0.2, -0.15) is 0 Å². The Bertz CT molecular complexity index is 459. The highest BCUT2D eigenvalue weighted by atomic mass is 32.1. The van der Waals surface area contributed by atoms with Crippen LogP contribution in [0.4, 0.5) is 5.69 Å². The first-order valence-corrected chi connectivity index (χ1v) is 7.21. The molecule has 0 heterocycles. The van der Waals surface area contributed by atoms with Crippen LogP contribution in [0.1, 0.15) is 25.8 Å². The third kappa shape index (κ3) is 5.67. The maximum Gasteiger partial charge on any atom is 0.238 e. The number of carbonyl (C=O) groups is 1. The van der Waals surface area contributed by atoms with E-state index in [9.17, 15) is 4.79 Å². The number of carbonyl (C=O) groups excluding carboxylic acids is 1. The van der Waals surface area contributed by atoms with Crippen molar-refractivity contribution in [2.45, 2.75) is 20.3 Å². The molecule has 1 aromatic rings. The molecule has 110 valence electrons. The van der Waals surface area contributed by atoms with E-state index in [1.54, 1.807) is 24.3 Å². The van der Waals surface area contributed by atoms with Gasteiger partial charge < -0.3 is 11.1 Å². The van der Waals surface area contributed by atoms with E-state index in [0.717, 1.165) is 24.2 Å². The number of amides is 1. The van der Waals surface area contributed by atoms with Crippen molar-refractivity contribution in [2.24, 2.45) is 11.7 Å². The predicted molar refractivity (Wildman–Crippen MR) is 87.9 cm³/mol. The number of nitrogens with two attached hydrogens (primary N) is 1. The van der Waals surface area contributed by atoms with Crippen molar-refractivity contribution in [1.82, 2.24) is 4.90 Å². The van der Waals surface area contributed by atoms with E-state index in [2.05, 4.69) is 19.2 Å². The van der Waals surface area contributed by atoms with E-state index in [1.165, 1.54) is 0 Å². The molecule has 0 saturated carbocycles. The molecule has 0 spiro atoms. The third-order valence-corrected chi connectivity index (χ3v) is 3.42. The van der Waals surface area contributed by atoms with Gasteiger partial charge in [-0.05, 0) is 37.2 Å². The second-order valence-corrected chi connectivity index (χ2v) is 5.64. The molecule has 1 unspecified atom stereocenters. The molecular weight excluding hydrogens is 270 g/mol. The van der Waals surface area contributed by atoms with Crippen molar-refractivity contribution in [3.8, 4) is 0 Å². The zero-order valence-corrected chi connectivity index (χ0v) is 13.2.